The minimum Gasteiger partial charge on any atom is -0.496 e. The zero-order valence-corrected chi connectivity index (χ0v) is 9.50. The van der Waals surface area contributed by atoms with Gasteiger partial charge in [-0.1, -0.05) is 11.6 Å². The quantitative estimate of drug-likeness (QED) is 0.813. The maximum atomic E-state index is 8.73. The molecule has 0 radical (unpaired) electrons. The molecule has 3 nitrogen and oxygen atoms in total. The molecule has 0 saturated heterocycles. The first kappa shape index (κ1) is 12.3. The maximum Gasteiger partial charge on any atom is 0.123 e. The molecule has 0 unspecified atom stereocenters. The third kappa shape index (κ3) is 3.38. The number of aliphatic hydroxyl groups is 1. The Balaban J connectivity index is 2.85. The topological polar surface area (TPSA) is 55.5 Å². The molecule has 0 aliphatic carbocycles. The lowest BCUT2D eigenvalue weighted by molar-refractivity contribution is 0.279. The van der Waals surface area contributed by atoms with Crippen LogP contribution < -0.4 is 10.5 Å². The largest absolute Gasteiger partial charge is 0.496 e. The lowest BCUT2D eigenvalue weighted by Gasteiger charge is -2.15. The Morgan fingerprint density at radius 2 is 2.27 bits per heavy atom. The molecule has 0 bridgehead atoms. The number of benzene rings is 1. The zero-order valence-electron chi connectivity index (χ0n) is 8.74. The van der Waals surface area contributed by atoms with Gasteiger partial charge < -0.3 is 15.6 Å². The molecule has 4 heteroatoms. The van der Waals surface area contributed by atoms with Crippen LogP contribution in [0, 0.1) is 0 Å². The Kier molecular flexibility index (Phi) is 4.88. The van der Waals surface area contributed by atoms with Crippen molar-refractivity contribution in [1.29, 1.82) is 0 Å². The molecule has 84 valence electrons. The fourth-order valence-electron chi connectivity index (χ4n) is 1.46. The Morgan fingerprint density at radius 1 is 1.53 bits per heavy atom. The summed E-state index contributed by atoms with van der Waals surface area (Å²) < 4.78 is 5.20. The second-order valence-electron chi connectivity index (χ2n) is 3.36. The Labute approximate surface area is 94.8 Å². The fraction of sp³-hybridized carbons (Fsp3) is 0.455. The first-order valence-electron chi connectivity index (χ1n) is 4.89. The number of hydrogen-bond donors (Lipinski definition) is 2. The average Bonchev–Trinajstić information content (AvgIpc) is 2.25. The minimum atomic E-state index is -0.147. The minimum absolute atomic E-state index is 0.147. The fourth-order valence-corrected chi connectivity index (χ4v) is 1.64. The zero-order chi connectivity index (χ0) is 11.3. The van der Waals surface area contributed by atoms with Crippen LogP contribution in [0.1, 0.15) is 24.4 Å². The molecule has 0 aliphatic rings. The summed E-state index contributed by atoms with van der Waals surface area (Å²) in [5.74, 6) is 0.741. The predicted molar refractivity (Wildman–Crippen MR) is 61.3 cm³/mol. The number of rotatable bonds is 5. The Morgan fingerprint density at radius 3 is 2.87 bits per heavy atom. The summed E-state index contributed by atoms with van der Waals surface area (Å²) in [6.45, 7) is 0.149. The summed E-state index contributed by atoms with van der Waals surface area (Å²) in [5, 5.41) is 9.37. The van der Waals surface area contributed by atoms with Crippen LogP contribution in [0.2, 0.25) is 5.02 Å². The molecule has 1 atom stereocenters. The highest BCUT2D eigenvalue weighted by atomic mass is 35.5. The number of methoxy groups -OCH3 is 1. The van der Waals surface area contributed by atoms with Gasteiger partial charge in [0.25, 0.3) is 0 Å². The van der Waals surface area contributed by atoms with Crippen LogP contribution in [-0.4, -0.2) is 18.8 Å². The normalized spacial score (nSPS) is 12.5. The van der Waals surface area contributed by atoms with Gasteiger partial charge in [0.2, 0.25) is 0 Å². The van der Waals surface area contributed by atoms with Crippen LogP contribution in [-0.2, 0) is 0 Å². The summed E-state index contributed by atoms with van der Waals surface area (Å²) in [5.41, 5.74) is 6.86. The third-order valence-corrected chi connectivity index (χ3v) is 2.50. The average molecular weight is 230 g/mol. The van der Waals surface area contributed by atoms with E-state index in [1.54, 1.807) is 19.2 Å². The molecule has 0 aromatic heterocycles. The van der Waals surface area contributed by atoms with Gasteiger partial charge in [-0.05, 0) is 31.0 Å². The van der Waals surface area contributed by atoms with E-state index in [0.717, 1.165) is 11.3 Å². The number of hydrogen-bond acceptors (Lipinski definition) is 3. The maximum absolute atomic E-state index is 8.73. The molecule has 0 amide bonds. The molecule has 0 spiro atoms. The van der Waals surface area contributed by atoms with Crippen molar-refractivity contribution in [3.8, 4) is 5.75 Å². The second kappa shape index (κ2) is 5.95. The van der Waals surface area contributed by atoms with Gasteiger partial charge >= 0.3 is 0 Å². The van der Waals surface area contributed by atoms with Crippen molar-refractivity contribution in [2.45, 2.75) is 18.9 Å². The van der Waals surface area contributed by atoms with E-state index in [2.05, 4.69) is 0 Å². The molecule has 1 aromatic rings. The molecule has 0 fully saturated rings. The van der Waals surface area contributed by atoms with Crippen molar-refractivity contribution in [2.24, 2.45) is 5.73 Å². The van der Waals surface area contributed by atoms with E-state index in [9.17, 15) is 0 Å². The SMILES string of the molecule is COc1ccc(Cl)cc1[C@H](N)CCCO. The number of aliphatic hydroxyl groups excluding tert-OH is 1. The summed E-state index contributed by atoms with van der Waals surface area (Å²) in [7, 11) is 1.60. The van der Waals surface area contributed by atoms with Gasteiger partial charge in [-0.15, -0.1) is 0 Å². The van der Waals surface area contributed by atoms with E-state index in [1.165, 1.54) is 0 Å². The van der Waals surface area contributed by atoms with E-state index in [-0.39, 0.29) is 12.6 Å². The summed E-state index contributed by atoms with van der Waals surface area (Å²) in [4.78, 5) is 0. The second-order valence-corrected chi connectivity index (χ2v) is 3.80. The van der Waals surface area contributed by atoms with Crippen molar-refractivity contribution in [1.82, 2.24) is 0 Å². The van der Waals surface area contributed by atoms with E-state index < -0.39 is 0 Å². The molecule has 0 aliphatic heterocycles. The number of ether oxygens (including phenoxy) is 1. The molecule has 1 aromatic carbocycles. The highest BCUT2D eigenvalue weighted by Gasteiger charge is 2.11. The van der Waals surface area contributed by atoms with Crippen molar-refractivity contribution in [3.05, 3.63) is 28.8 Å². The molecular weight excluding hydrogens is 214 g/mol. The van der Waals surface area contributed by atoms with E-state index >= 15 is 0 Å². The number of halogens is 1. The Bertz CT molecular complexity index is 317. The van der Waals surface area contributed by atoms with Gasteiger partial charge in [-0.2, -0.15) is 0 Å². The first-order chi connectivity index (χ1) is 7.19. The molecule has 0 heterocycles. The summed E-state index contributed by atoms with van der Waals surface area (Å²) in [6, 6.07) is 5.23. The van der Waals surface area contributed by atoms with Gasteiger partial charge in [0.15, 0.2) is 0 Å². The van der Waals surface area contributed by atoms with Crippen molar-refractivity contribution in [3.63, 3.8) is 0 Å². The van der Waals surface area contributed by atoms with Crippen molar-refractivity contribution < 1.29 is 9.84 Å². The van der Waals surface area contributed by atoms with Gasteiger partial charge in [0.05, 0.1) is 7.11 Å². The number of nitrogens with two attached hydrogens (primary N) is 1. The molecule has 0 saturated carbocycles. The van der Waals surface area contributed by atoms with Crippen LogP contribution in [0.3, 0.4) is 0 Å². The van der Waals surface area contributed by atoms with Gasteiger partial charge in [-0.25, -0.2) is 0 Å². The van der Waals surface area contributed by atoms with Crippen molar-refractivity contribution in [2.75, 3.05) is 13.7 Å². The monoisotopic (exact) mass is 229 g/mol. The van der Waals surface area contributed by atoms with Gasteiger partial charge in [0.1, 0.15) is 5.75 Å². The highest BCUT2D eigenvalue weighted by molar-refractivity contribution is 6.30. The molecular formula is C11H16ClNO2. The first-order valence-corrected chi connectivity index (χ1v) is 5.26. The third-order valence-electron chi connectivity index (χ3n) is 2.26. The van der Waals surface area contributed by atoms with Gasteiger partial charge in [0, 0.05) is 23.2 Å². The van der Waals surface area contributed by atoms with E-state index in [0.29, 0.717) is 17.9 Å². The van der Waals surface area contributed by atoms with Crippen LogP contribution in [0.5, 0.6) is 5.75 Å². The highest BCUT2D eigenvalue weighted by Crippen LogP contribution is 2.29. The smallest absolute Gasteiger partial charge is 0.123 e. The van der Waals surface area contributed by atoms with Crippen LogP contribution in [0.15, 0.2) is 18.2 Å². The predicted octanol–water partition coefficient (Wildman–Crippen LogP) is 2.12. The Hall–Kier alpha value is -0.770. The van der Waals surface area contributed by atoms with Gasteiger partial charge in [-0.3, -0.25) is 0 Å². The van der Waals surface area contributed by atoms with Crippen LogP contribution in [0.4, 0.5) is 0 Å². The van der Waals surface area contributed by atoms with Crippen LogP contribution in [0.25, 0.3) is 0 Å². The van der Waals surface area contributed by atoms with Crippen molar-refractivity contribution >= 4 is 11.6 Å². The standard InChI is InChI=1S/C11H16ClNO2/c1-15-11-5-4-8(12)7-9(11)10(13)3-2-6-14/h4-5,7,10,14H,2-3,6,13H2,1H3/t10-/m1/s1. The lowest BCUT2D eigenvalue weighted by atomic mass is 10.0. The van der Waals surface area contributed by atoms with E-state index in [1.807, 2.05) is 6.07 Å². The molecule has 3 N–H and O–H groups in total. The molecule has 15 heavy (non-hydrogen) atoms. The summed E-state index contributed by atoms with van der Waals surface area (Å²) >= 11 is 5.89. The molecule has 1 rings (SSSR count). The summed E-state index contributed by atoms with van der Waals surface area (Å²) in [6.07, 6.45) is 1.39. The van der Waals surface area contributed by atoms with E-state index in [4.69, 9.17) is 27.2 Å². The lowest BCUT2D eigenvalue weighted by Crippen LogP contribution is -2.12. The van der Waals surface area contributed by atoms with Crippen LogP contribution >= 0.6 is 11.6 Å².